The summed E-state index contributed by atoms with van der Waals surface area (Å²) in [5.74, 6) is 0.387. The standard InChI is InChI=1S/C42H42BrN3O5S/c43-34-17-13-16-33(28-34)30-45(40(29-32-14-5-1-6-15-32)42(48)44-35-18-7-2-8-19-35)41(47)31-46(52(49,50)39-22-11-4-12-23-39)36-24-26-38(27-25-36)51-37-20-9-3-10-21-37/h1,3-6,9-17,20-28,35,40H,2,7-8,18-19,29-31H2,(H,44,48)/t40-/m1/s1. The van der Waals surface area contributed by atoms with Crippen LogP contribution in [0.3, 0.4) is 0 Å². The molecule has 2 amide bonds. The zero-order valence-electron chi connectivity index (χ0n) is 28.8. The third-order valence-corrected chi connectivity index (χ3v) is 11.5. The predicted molar refractivity (Wildman–Crippen MR) is 208 cm³/mol. The molecule has 0 bridgehead atoms. The number of nitrogens with one attached hydrogen (secondary N) is 1. The van der Waals surface area contributed by atoms with Gasteiger partial charge >= 0.3 is 0 Å². The van der Waals surface area contributed by atoms with E-state index in [1.54, 1.807) is 42.5 Å². The largest absolute Gasteiger partial charge is 0.457 e. The van der Waals surface area contributed by atoms with Gasteiger partial charge in [-0.15, -0.1) is 0 Å². The molecule has 8 nitrogen and oxygen atoms in total. The van der Waals surface area contributed by atoms with Gasteiger partial charge in [-0.3, -0.25) is 13.9 Å². The smallest absolute Gasteiger partial charge is 0.264 e. The van der Waals surface area contributed by atoms with Crippen molar-refractivity contribution in [3.05, 3.63) is 155 Å². The lowest BCUT2D eigenvalue weighted by molar-refractivity contribution is -0.140. The summed E-state index contributed by atoms with van der Waals surface area (Å²) in [6.45, 7) is -0.441. The number of hydrogen-bond acceptors (Lipinski definition) is 5. The molecule has 0 radical (unpaired) electrons. The van der Waals surface area contributed by atoms with E-state index in [0.717, 1.165) is 52.0 Å². The normalized spacial score (nSPS) is 13.9. The van der Waals surface area contributed by atoms with Crippen molar-refractivity contribution in [1.29, 1.82) is 0 Å². The summed E-state index contributed by atoms with van der Waals surface area (Å²) < 4.78 is 36.6. The van der Waals surface area contributed by atoms with Crippen LogP contribution in [0.5, 0.6) is 11.5 Å². The maximum Gasteiger partial charge on any atom is 0.264 e. The van der Waals surface area contributed by atoms with Gasteiger partial charge in [0.05, 0.1) is 10.6 Å². The molecule has 0 saturated heterocycles. The van der Waals surface area contributed by atoms with Gasteiger partial charge in [-0.1, -0.05) is 114 Å². The second-order valence-electron chi connectivity index (χ2n) is 12.9. The first-order valence-corrected chi connectivity index (χ1v) is 19.8. The second kappa shape index (κ2) is 17.5. The Labute approximate surface area is 314 Å². The van der Waals surface area contributed by atoms with Crippen LogP contribution in [0.4, 0.5) is 5.69 Å². The van der Waals surface area contributed by atoms with Gasteiger partial charge in [0.25, 0.3) is 10.0 Å². The molecule has 0 aliphatic heterocycles. The fourth-order valence-corrected chi connectivity index (χ4v) is 8.37. The molecule has 0 heterocycles. The van der Waals surface area contributed by atoms with E-state index >= 15 is 0 Å². The monoisotopic (exact) mass is 779 g/mol. The van der Waals surface area contributed by atoms with Crippen molar-refractivity contribution in [3.8, 4) is 11.5 Å². The van der Waals surface area contributed by atoms with Crippen molar-refractivity contribution in [1.82, 2.24) is 10.2 Å². The molecule has 52 heavy (non-hydrogen) atoms. The maximum atomic E-state index is 14.8. The molecule has 0 spiro atoms. The summed E-state index contributed by atoms with van der Waals surface area (Å²) in [6.07, 6.45) is 5.24. The van der Waals surface area contributed by atoms with Crippen molar-refractivity contribution < 1.29 is 22.7 Å². The third-order valence-electron chi connectivity index (χ3n) is 9.18. The number of rotatable bonds is 14. The van der Waals surface area contributed by atoms with Crippen LogP contribution in [0.25, 0.3) is 0 Å². The Hall–Kier alpha value is -4.93. The molecule has 5 aromatic carbocycles. The molecule has 1 N–H and O–H groups in total. The first kappa shape index (κ1) is 36.8. The Morgan fingerprint density at radius 3 is 1.98 bits per heavy atom. The molecular formula is C42H42BrN3O5S. The summed E-state index contributed by atoms with van der Waals surface area (Å²) >= 11 is 3.54. The number of amides is 2. The average Bonchev–Trinajstić information content (AvgIpc) is 3.17. The molecule has 10 heteroatoms. The highest BCUT2D eigenvalue weighted by Crippen LogP contribution is 2.29. The number of hydrogen-bond donors (Lipinski definition) is 1. The van der Waals surface area contributed by atoms with Gasteiger partial charge in [0.2, 0.25) is 11.8 Å². The van der Waals surface area contributed by atoms with Crippen LogP contribution in [0.15, 0.2) is 149 Å². The molecule has 0 unspecified atom stereocenters. The Balaban J connectivity index is 1.38. The van der Waals surface area contributed by atoms with Gasteiger partial charge < -0.3 is 15.0 Å². The number of para-hydroxylation sites is 1. The maximum absolute atomic E-state index is 14.8. The summed E-state index contributed by atoms with van der Waals surface area (Å²) in [7, 11) is -4.22. The Kier molecular flexibility index (Phi) is 12.4. The van der Waals surface area contributed by atoms with Crippen LogP contribution in [0.1, 0.15) is 43.2 Å². The Morgan fingerprint density at radius 1 is 0.731 bits per heavy atom. The number of carbonyl (C=O) groups is 2. The molecule has 1 aliphatic rings. The van der Waals surface area contributed by atoms with E-state index in [9.17, 15) is 18.0 Å². The summed E-state index contributed by atoms with van der Waals surface area (Å²) in [5, 5.41) is 3.25. The number of ether oxygens (including phenoxy) is 1. The van der Waals surface area contributed by atoms with Crippen molar-refractivity contribution in [2.75, 3.05) is 10.8 Å². The molecular weight excluding hydrogens is 738 g/mol. The van der Waals surface area contributed by atoms with Gasteiger partial charge in [-0.2, -0.15) is 0 Å². The highest BCUT2D eigenvalue weighted by Gasteiger charge is 2.35. The zero-order chi connectivity index (χ0) is 36.3. The van der Waals surface area contributed by atoms with E-state index in [-0.39, 0.29) is 35.5 Å². The van der Waals surface area contributed by atoms with Crippen molar-refractivity contribution >= 4 is 43.5 Å². The molecule has 268 valence electrons. The van der Waals surface area contributed by atoms with E-state index in [1.165, 1.54) is 17.0 Å². The fourth-order valence-electron chi connectivity index (χ4n) is 6.48. The lowest BCUT2D eigenvalue weighted by Gasteiger charge is -2.35. The summed E-state index contributed by atoms with van der Waals surface area (Å²) in [5.41, 5.74) is 1.97. The number of benzene rings is 5. The lowest BCUT2D eigenvalue weighted by atomic mass is 9.94. The molecule has 1 fully saturated rings. The van der Waals surface area contributed by atoms with Gasteiger partial charge in [0.1, 0.15) is 24.1 Å². The minimum atomic E-state index is -4.22. The number of anilines is 1. The molecule has 0 aromatic heterocycles. The minimum Gasteiger partial charge on any atom is -0.457 e. The van der Waals surface area contributed by atoms with Crippen LogP contribution in [-0.2, 0) is 32.6 Å². The van der Waals surface area contributed by atoms with Crippen molar-refractivity contribution in [2.45, 2.75) is 62.0 Å². The van der Waals surface area contributed by atoms with Gasteiger partial charge in [0.15, 0.2) is 0 Å². The fraction of sp³-hybridized carbons (Fsp3) is 0.238. The van der Waals surface area contributed by atoms with E-state index in [0.29, 0.717) is 11.5 Å². The Morgan fingerprint density at radius 2 is 1.33 bits per heavy atom. The van der Waals surface area contributed by atoms with Crippen LogP contribution in [-0.4, -0.2) is 43.8 Å². The van der Waals surface area contributed by atoms with Crippen LogP contribution >= 0.6 is 15.9 Å². The molecule has 5 aromatic rings. The Bertz CT molecular complexity index is 2030. The predicted octanol–water partition coefficient (Wildman–Crippen LogP) is 8.53. The van der Waals surface area contributed by atoms with Gasteiger partial charge in [-0.25, -0.2) is 8.42 Å². The van der Waals surface area contributed by atoms with E-state index < -0.39 is 28.5 Å². The summed E-state index contributed by atoms with van der Waals surface area (Å²) in [4.78, 5) is 30.7. The number of sulfonamides is 1. The lowest BCUT2D eigenvalue weighted by Crippen LogP contribution is -2.55. The highest BCUT2D eigenvalue weighted by molar-refractivity contribution is 9.10. The third kappa shape index (κ3) is 9.68. The SMILES string of the molecule is O=C(NC1CCCCC1)[C@@H](Cc1ccccc1)N(Cc1cccc(Br)c1)C(=O)CN(c1ccc(Oc2ccccc2)cc1)S(=O)(=O)c1ccccc1. The van der Waals surface area contributed by atoms with Gasteiger partial charge in [0, 0.05) is 23.5 Å². The van der Waals surface area contributed by atoms with Crippen molar-refractivity contribution in [3.63, 3.8) is 0 Å². The van der Waals surface area contributed by atoms with E-state index in [4.69, 9.17) is 4.74 Å². The topological polar surface area (TPSA) is 96.0 Å². The molecule has 1 aliphatic carbocycles. The highest BCUT2D eigenvalue weighted by atomic mass is 79.9. The van der Waals surface area contributed by atoms with Crippen LogP contribution < -0.4 is 14.4 Å². The molecule has 1 saturated carbocycles. The average molecular weight is 781 g/mol. The number of halogens is 1. The minimum absolute atomic E-state index is 0.0221. The van der Waals surface area contributed by atoms with E-state index in [1.807, 2.05) is 84.9 Å². The first-order valence-electron chi connectivity index (χ1n) is 17.6. The zero-order valence-corrected chi connectivity index (χ0v) is 31.2. The van der Waals surface area contributed by atoms with Gasteiger partial charge in [-0.05, 0) is 84.6 Å². The molecule has 6 rings (SSSR count). The van der Waals surface area contributed by atoms with Crippen molar-refractivity contribution in [2.24, 2.45) is 0 Å². The van der Waals surface area contributed by atoms with Crippen LogP contribution in [0.2, 0.25) is 0 Å². The summed E-state index contributed by atoms with van der Waals surface area (Å²) in [6, 6.07) is 40.2. The molecule has 1 atom stereocenters. The quantitative estimate of drug-likeness (QED) is 0.122. The van der Waals surface area contributed by atoms with Crippen LogP contribution in [0, 0.1) is 0 Å². The first-order chi connectivity index (χ1) is 25.3. The number of nitrogens with zero attached hydrogens (tertiary/aromatic N) is 2. The second-order valence-corrected chi connectivity index (χ2v) is 15.7. The van der Waals surface area contributed by atoms with E-state index in [2.05, 4.69) is 21.2 Å². The number of carbonyl (C=O) groups excluding carboxylic acids is 2.